The summed E-state index contributed by atoms with van der Waals surface area (Å²) in [4.78, 5) is 27.7. The predicted molar refractivity (Wildman–Crippen MR) is 122 cm³/mol. The molecular weight excluding hydrogens is 416 g/mol. The molecule has 0 aliphatic carbocycles. The van der Waals surface area contributed by atoms with Gasteiger partial charge in [0.2, 0.25) is 5.91 Å². The summed E-state index contributed by atoms with van der Waals surface area (Å²) in [6, 6.07) is 13.8. The molecule has 2 atom stereocenters. The molecule has 0 spiro atoms. The number of rotatable bonds is 11. The highest BCUT2D eigenvalue weighted by Gasteiger charge is 2.30. The van der Waals surface area contributed by atoms with Crippen molar-refractivity contribution < 1.29 is 19.1 Å². The fourth-order valence-corrected chi connectivity index (χ4v) is 3.33. The topological polar surface area (TPSA) is 67.9 Å². The molecule has 168 valence electrons. The second-order valence-electron chi connectivity index (χ2n) is 7.29. The van der Waals surface area contributed by atoms with Gasteiger partial charge in [-0.25, -0.2) is 0 Å². The molecule has 0 saturated heterocycles. The van der Waals surface area contributed by atoms with Crippen LogP contribution in [0.3, 0.4) is 0 Å². The molecule has 0 unspecified atom stereocenters. The molecule has 6 nitrogen and oxygen atoms in total. The highest BCUT2D eigenvalue weighted by Crippen LogP contribution is 2.26. The van der Waals surface area contributed by atoms with Crippen molar-refractivity contribution in [1.29, 1.82) is 0 Å². The third kappa shape index (κ3) is 6.89. The Kier molecular flexibility index (Phi) is 9.66. The van der Waals surface area contributed by atoms with Gasteiger partial charge < -0.3 is 19.7 Å². The van der Waals surface area contributed by atoms with Crippen molar-refractivity contribution in [2.24, 2.45) is 0 Å². The maximum Gasteiger partial charge on any atom is 0.261 e. The fourth-order valence-electron chi connectivity index (χ4n) is 3.13. The van der Waals surface area contributed by atoms with Crippen LogP contribution in [-0.2, 0) is 16.1 Å². The SMILES string of the molecule is CC[C@@H](C)NC(=O)[C@H](CC)N(Cc1ccccc1Cl)C(=O)COc1ccccc1OC. The van der Waals surface area contributed by atoms with Gasteiger partial charge in [0, 0.05) is 17.6 Å². The van der Waals surface area contributed by atoms with Gasteiger partial charge >= 0.3 is 0 Å². The van der Waals surface area contributed by atoms with Crippen LogP contribution in [0.15, 0.2) is 48.5 Å². The minimum atomic E-state index is -0.640. The van der Waals surface area contributed by atoms with Crippen LogP contribution in [0.25, 0.3) is 0 Å². The molecule has 0 bridgehead atoms. The van der Waals surface area contributed by atoms with Crippen LogP contribution in [-0.4, -0.2) is 42.5 Å². The van der Waals surface area contributed by atoms with E-state index in [0.29, 0.717) is 22.9 Å². The summed E-state index contributed by atoms with van der Waals surface area (Å²) in [5.41, 5.74) is 0.768. The molecule has 2 rings (SSSR count). The molecule has 0 aliphatic heterocycles. The van der Waals surface area contributed by atoms with Gasteiger partial charge in [-0.05, 0) is 43.5 Å². The van der Waals surface area contributed by atoms with E-state index >= 15 is 0 Å². The van der Waals surface area contributed by atoms with E-state index < -0.39 is 6.04 Å². The van der Waals surface area contributed by atoms with E-state index in [1.807, 2.05) is 45.0 Å². The fraction of sp³-hybridized carbons (Fsp3) is 0.417. The van der Waals surface area contributed by atoms with Crippen LogP contribution in [0.4, 0.5) is 0 Å². The third-order valence-electron chi connectivity index (χ3n) is 5.11. The molecule has 2 amide bonds. The maximum atomic E-state index is 13.2. The number of para-hydroxylation sites is 2. The Morgan fingerprint density at radius 2 is 1.68 bits per heavy atom. The number of carbonyl (C=O) groups is 2. The van der Waals surface area contributed by atoms with Crippen LogP contribution in [0.2, 0.25) is 5.02 Å². The zero-order valence-corrected chi connectivity index (χ0v) is 19.3. The normalized spacial score (nSPS) is 12.5. The predicted octanol–water partition coefficient (Wildman–Crippen LogP) is 4.45. The van der Waals surface area contributed by atoms with E-state index in [4.69, 9.17) is 21.1 Å². The van der Waals surface area contributed by atoms with E-state index in [2.05, 4.69) is 5.32 Å². The number of nitrogens with one attached hydrogen (secondary N) is 1. The first-order valence-electron chi connectivity index (χ1n) is 10.5. The Morgan fingerprint density at radius 1 is 1.03 bits per heavy atom. The molecule has 0 aliphatic rings. The van der Waals surface area contributed by atoms with Crippen molar-refractivity contribution in [3.63, 3.8) is 0 Å². The van der Waals surface area contributed by atoms with Gasteiger partial charge in [-0.1, -0.05) is 55.8 Å². The summed E-state index contributed by atoms with van der Waals surface area (Å²) in [6.45, 7) is 5.81. The molecule has 0 fully saturated rings. The number of methoxy groups -OCH3 is 1. The van der Waals surface area contributed by atoms with Crippen LogP contribution >= 0.6 is 11.6 Å². The zero-order valence-electron chi connectivity index (χ0n) is 18.6. The van der Waals surface area contributed by atoms with Crippen molar-refractivity contribution in [1.82, 2.24) is 10.2 Å². The molecule has 0 aromatic heterocycles. The van der Waals surface area contributed by atoms with Gasteiger partial charge in [0.1, 0.15) is 6.04 Å². The van der Waals surface area contributed by atoms with Crippen LogP contribution in [0, 0.1) is 0 Å². The summed E-state index contributed by atoms with van der Waals surface area (Å²) in [6.07, 6.45) is 1.27. The number of carbonyl (C=O) groups excluding carboxylic acids is 2. The summed E-state index contributed by atoms with van der Waals surface area (Å²) in [5.74, 6) is 0.509. The first kappa shape index (κ1) is 24.5. The van der Waals surface area contributed by atoms with Crippen molar-refractivity contribution in [3.8, 4) is 11.5 Å². The van der Waals surface area contributed by atoms with Crippen LogP contribution in [0.1, 0.15) is 39.2 Å². The van der Waals surface area contributed by atoms with E-state index in [0.717, 1.165) is 12.0 Å². The lowest BCUT2D eigenvalue weighted by atomic mass is 10.1. The Hall–Kier alpha value is -2.73. The molecule has 1 N–H and O–H groups in total. The average molecular weight is 447 g/mol. The van der Waals surface area contributed by atoms with Crippen molar-refractivity contribution >= 4 is 23.4 Å². The summed E-state index contributed by atoms with van der Waals surface area (Å²) in [5, 5.41) is 3.53. The van der Waals surface area contributed by atoms with Crippen LogP contribution in [0.5, 0.6) is 11.5 Å². The lowest BCUT2D eigenvalue weighted by Gasteiger charge is -2.31. The zero-order chi connectivity index (χ0) is 22.8. The molecule has 0 radical (unpaired) electrons. The number of amides is 2. The number of hydrogen-bond donors (Lipinski definition) is 1. The van der Waals surface area contributed by atoms with Gasteiger partial charge in [-0.3, -0.25) is 9.59 Å². The number of hydrogen-bond acceptors (Lipinski definition) is 4. The van der Waals surface area contributed by atoms with Crippen molar-refractivity contribution in [2.45, 2.75) is 52.2 Å². The van der Waals surface area contributed by atoms with Gasteiger partial charge in [0.05, 0.1) is 7.11 Å². The molecule has 0 heterocycles. The standard InChI is InChI=1S/C24H31ClN2O4/c1-5-17(3)26-24(29)20(6-2)27(15-18-11-7-8-12-19(18)25)23(28)16-31-22-14-10-9-13-21(22)30-4/h7-14,17,20H,5-6,15-16H2,1-4H3,(H,26,29)/t17-,20+/m1/s1. The quantitative estimate of drug-likeness (QED) is 0.553. The lowest BCUT2D eigenvalue weighted by molar-refractivity contribution is -0.143. The number of halogens is 1. The molecule has 31 heavy (non-hydrogen) atoms. The van der Waals surface area contributed by atoms with Crippen molar-refractivity contribution in [3.05, 3.63) is 59.1 Å². The summed E-state index contributed by atoms with van der Waals surface area (Å²) in [7, 11) is 1.54. The number of benzene rings is 2. The van der Waals surface area contributed by atoms with E-state index in [1.54, 1.807) is 31.4 Å². The first-order chi connectivity index (χ1) is 14.9. The second-order valence-corrected chi connectivity index (χ2v) is 7.70. The minimum absolute atomic E-state index is 0.0173. The number of ether oxygens (including phenoxy) is 2. The summed E-state index contributed by atoms with van der Waals surface area (Å²) >= 11 is 6.33. The van der Waals surface area contributed by atoms with Crippen molar-refractivity contribution in [2.75, 3.05) is 13.7 Å². The number of nitrogens with zero attached hydrogens (tertiary/aromatic N) is 1. The smallest absolute Gasteiger partial charge is 0.261 e. The third-order valence-corrected chi connectivity index (χ3v) is 5.47. The molecular formula is C24H31ClN2O4. The molecule has 2 aromatic rings. The Morgan fingerprint density at radius 3 is 2.29 bits per heavy atom. The van der Waals surface area contributed by atoms with E-state index in [9.17, 15) is 9.59 Å². The van der Waals surface area contributed by atoms with E-state index in [1.165, 1.54) is 4.90 Å². The molecule has 7 heteroatoms. The maximum absolute atomic E-state index is 13.2. The highest BCUT2D eigenvalue weighted by atomic mass is 35.5. The summed E-state index contributed by atoms with van der Waals surface area (Å²) < 4.78 is 11.0. The Labute approximate surface area is 189 Å². The largest absolute Gasteiger partial charge is 0.493 e. The molecule has 0 saturated carbocycles. The second kappa shape index (κ2) is 12.2. The van der Waals surface area contributed by atoms with Crippen LogP contribution < -0.4 is 14.8 Å². The van der Waals surface area contributed by atoms with Gasteiger partial charge in [-0.2, -0.15) is 0 Å². The minimum Gasteiger partial charge on any atom is -0.493 e. The van der Waals surface area contributed by atoms with Gasteiger partial charge in [-0.15, -0.1) is 0 Å². The average Bonchev–Trinajstić information content (AvgIpc) is 2.78. The Balaban J connectivity index is 2.25. The highest BCUT2D eigenvalue weighted by molar-refractivity contribution is 6.31. The van der Waals surface area contributed by atoms with Gasteiger partial charge in [0.25, 0.3) is 5.91 Å². The van der Waals surface area contributed by atoms with Gasteiger partial charge in [0.15, 0.2) is 18.1 Å². The Bertz CT molecular complexity index is 874. The first-order valence-corrected chi connectivity index (χ1v) is 10.9. The molecule has 2 aromatic carbocycles. The van der Waals surface area contributed by atoms with E-state index in [-0.39, 0.29) is 31.0 Å². The monoisotopic (exact) mass is 446 g/mol. The lowest BCUT2D eigenvalue weighted by Crippen LogP contribution is -2.51.